The number of aryl methyl sites for hydroxylation is 3. The molecule has 1 N–H and O–H groups in total. The fourth-order valence-electron chi connectivity index (χ4n) is 3.40. The summed E-state index contributed by atoms with van der Waals surface area (Å²) < 4.78 is 12.1. The summed E-state index contributed by atoms with van der Waals surface area (Å²) in [5, 5.41) is 7.35. The van der Waals surface area contributed by atoms with Gasteiger partial charge in [0.15, 0.2) is 5.76 Å². The molecule has 0 radical (unpaired) electrons. The van der Waals surface area contributed by atoms with Gasteiger partial charge in [0.25, 0.3) is 5.91 Å². The van der Waals surface area contributed by atoms with Crippen LogP contribution in [-0.2, 0) is 0 Å². The van der Waals surface area contributed by atoms with Gasteiger partial charge in [0, 0.05) is 0 Å². The van der Waals surface area contributed by atoms with Gasteiger partial charge < -0.3 is 14.5 Å². The van der Waals surface area contributed by atoms with Gasteiger partial charge in [-0.3, -0.25) is 9.59 Å². The summed E-state index contributed by atoms with van der Waals surface area (Å²) in [6.07, 6.45) is 1.42. The Hall–Kier alpha value is -4.13. The highest BCUT2D eigenvalue weighted by Gasteiger charge is 2.22. The van der Waals surface area contributed by atoms with Crippen LogP contribution in [0.15, 0.2) is 70.1 Å². The van der Waals surface area contributed by atoms with E-state index in [1.54, 1.807) is 55.1 Å². The van der Waals surface area contributed by atoms with Crippen molar-refractivity contribution in [3.8, 4) is 22.6 Å². The van der Waals surface area contributed by atoms with Gasteiger partial charge in [-0.2, -0.15) is 5.10 Å². The Morgan fingerprint density at radius 1 is 1.03 bits per heavy atom. The third-order valence-electron chi connectivity index (χ3n) is 5.34. The Kier molecular flexibility index (Phi) is 5.64. The first-order valence-corrected chi connectivity index (χ1v) is 10.1. The molecule has 162 valence electrons. The first-order valence-electron chi connectivity index (χ1n) is 10.1. The van der Waals surface area contributed by atoms with Crippen LogP contribution >= 0.6 is 0 Å². The maximum Gasteiger partial charge on any atom is 0.292 e. The molecule has 2 heterocycles. The lowest BCUT2D eigenvalue weighted by Crippen LogP contribution is -2.24. The highest BCUT2D eigenvalue weighted by molar-refractivity contribution is 6.04. The number of amides is 1. The summed E-state index contributed by atoms with van der Waals surface area (Å²) in [6, 6.07) is 16.1. The van der Waals surface area contributed by atoms with Crippen molar-refractivity contribution in [3.63, 3.8) is 0 Å². The molecule has 0 aliphatic rings. The molecule has 0 bridgehead atoms. The normalized spacial score (nSPS) is 10.8. The van der Waals surface area contributed by atoms with E-state index in [2.05, 4.69) is 10.4 Å². The largest absolute Gasteiger partial charge is 0.497 e. The van der Waals surface area contributed by atoms with Crippen molar-refractivity contribution in [3.05, 3.63) is 93.7 Å². The van der Waals surface area contributed by atoms with Gasteiger partial charge in [0.1, 0.15) is 17.3 Å². The van der Waals surface area contributed by atoms with Gasteiger partial charge in [-0.1, -0.05) is 18.2 Å². The number of benzene rings is 2. The monoisotopic (exact) mass is 429 g/mol. The average molecular weight is 429 g/mol. The smallest absolute Gasteiger partial charge is 0.292 e. The molecule has 7 nitrogen and oxygen atoms in total. The van der Waals surface area contributed by atoms with E-state index in [4.69, 9.17) is 9.15 Å². The lowest BCUT2D eigenvalue weighted by atomic mass is 10.0. The standard InChI is InChI=1S/C25H23N3O4/c1-15-7-10-19(14-16(15)2)28-24(26-25(30)21-6-5-13-32-21)22(23(29)17(3)27-28)18-8-11-20(31-4)12-9-18/h5-14H,1-4H3,(H,26,30). The van der Waals surface area contributed by atoms with Crippen LogP contribution in [0.5, 0.6) is 5.75 Å². The molecule has 0 saturated heterocycles. The van der Waals surface area contributed by atoms with Gasteiger partial charge in [0.05, 0.1) is 24.6 Å². The molecule has 4 aromatic rings. The molecular weight excluding hydrogens is 406 g/mol. The van der Waals surface area contributed by atoms with Crippen LogP contribution in [0.3, 0.4) is 0 Å². The Morgan fingerprint density at radius 3 is 2.41 bits per heavy atom. The van der Waals surface area contributed by atoms with E-state index in [1.165, 1.54) is 6.26 Å². The summed E-state index contributed by atoms with van der Waals surface area (Å²) >= 11 is 0. The van der Waals surface area contributed by atoms with Crippen LogP contribution in [0.2, 0.25) is 0 Å². The lowest BCUT2D eigenvalue weighted by molar-refractivity contribution is 0.0996. The fraction of sp³-hybridized carbons (Fsp3) is 0.160. The summed E-state index contributed by atoms with van der Waals surface area (Å²) in [5.41, 5.74) is 3.92. The van der Waals surface area contributed by atoms with Crippen molar-refractivity contribution in [2.24, 2.45) is 0 Å². The Balaban J connectivity index is 1.98. The van der Waals surface area contributed by atoms with E-state index in [0.29, 0.717) is 22.6 Å². The Bertz CT molecular complexity index is 1340. The van der Waals surface area contributed by atoms with E-state index in [0.717, 1.165) is 16.8 Å². The van der Waals surface area contributed by atoms with Crippen LogP contribution in [-0.4, -0.2) is 22.8 Å². The molecule has 4 rings (SSSR count). The number of methoxy groups -OCH3 is 1. The van der Waals surface area contributed by atoms with E-state index in [9.17, 15) is 9.59 Å². The van der Waals surface area contributed by atoms with Gasteiger partial charge in [-0.15, -0.1) is 0 Å². The molecular formula is C25H23N3O4. The number of rotatable bonds is 5. The predicted molar refractivity (Wildman–Crippen MR) is 123 cm³/mol. The minimum Gasteiger partial charge on any atom is -0.497 e. The van der Waals surface area contributed by atoms with Crippen LogP contribution in [0, 0.1) is 20.8 Å². The lowest BCUT2D eigenvalue weighted by Gasteiger charge is -2.19. The number of nitrogens with zero attached hydrogens (tertiary/aromatic N) is 2. The number of ether oxygens (including phenoxy) is 1. The van der Waals surface area contributed by atoms with Gasteiger partial charge >= 0.3 is 0 Å². The number of carbonyl (C=O) groups excluding carboxylic acids is 1. The molecule has 32 heavy (non-hydrogen) atoms. The number of anilines is 1. The second kappa shape index (κ2) is 8.55. The number of carbonyl (C=O) groups is 1. The number of nitrogens with one attached hydrogen (secondary N) is 1. The van der Waals surface area contributed by atoms with E-state index in [1.807, 2.05) is 32.0 Å². The zero-order valence-corrected chi connectivity index (χ0v) is 18.3. The molecule has 0 fully saturated rings. The van der Waals surface area contributed by atoms with Crippen molar-refractivity contribution in [2.75, 3.05) is 12.4 Å². The van der Waals surface area contributed by atoms with Crippen LogP contribution in [0.4, 0.5) is 5.82 Å². The number of hydrogen-bond acceptors (Lipinski definition) is 5. The quantitative estimate of drug-likeness (QED) is 0.498. The highest BCUT2D eigenvalue weighted by atomic mass is 16.5. The topological polar surface area (TPSA) is 86.4 Å². The fourth-order valence-corrected chi connectivity index (χ4v) is 3.40. The molecule has 0 aliphatic carbocycles. The van der Waals surface area contributed by atoms with Crippen molar-refractivity contribution < 1.29 is 13.9 Å². The van der Waals surface area contributed by atoms with E-state index < -0.39 is 5.91 Å². The molecule has 0 aliphatic heterocycles. The van der Waals surface area contributed by atoms with Crippen molar-refractivity contribution in [2.45, 2.75) is 20.8 Å². The van der Waals surface area contributed by atoms with Crippen molar-refractivity contribution >= 4 is 11.7 Å². The Labute approximate surface area is 185 Å². The summed E-state index contributed by atoms with van der Waals surface area (Å²) in [7, 11) is 1.58. The molecule has 0 atom stereocenters. The maximum absolute atomic E-state index is 13.2. The molecule has 0 saturated carbocycles. The SMILES string of the molecule is COc1ccc(-c2c(NC(=O)c3ccco3)n(-c3ccc(C)c(C)c3)nc(C)c2=O)cc1. The second-order valence-corrected chi connectivity index (χ2v) is 7.48. The van der Waals surface area contributed by atoms with Crippen LogP contribution in [0.1, 0.15) is 27.4 Å². The molecule has 7 heteroatoms. The zero-order chi connectivity index (χ0) is 22.8. The number of aromatic nitrogens is 2. The van der Waals surface area contributed by atoms with Crippen molar-refractivity contribution in [1.82, 2.24) is 9.78 Å². The molecule has 2 aromatic carbocycles. The summed E-state index contributed by atoms with van der Waals surface area (Å²) in [6.45, 7) is 5.68. The molecule has 0 spiro atoms. The molecule has 1 amide bonds. The molecule has 0 unspecified atom stereocenters. The first kappa shape index (κ1) is 21.1. The predicted octanol–water partition coefficient (Wildman–Crippen LogP) is 4.68. The summed E-state index contributed by atoms with van der Waals surface area (Å²) in [5.74, 6) is 0.573. The zero-order valence-electron chi connectivity index (χ0n) is 18.3. The van der Waals surface area contributed by atoms with Gasteiger partial charge in [0.2, 0.25) is 5.43 Å². The minimum absolute atomic E-state index is 0.130. The maximum atomic E-state index is 13.2. The van der Waals surface area contributed by atoms with E-state index in [-0.39, 0.29) is 17.0 Å². The number of furan rings is 1. The minimum atomic E-state index is -0.479. The third-order valence-corrected chi connectivity index (χ3v) is 5.34. The summed E-state index contributed by atoms with van der Waals surface area (Å²) in [4.78, 5) is 26.1. The first-order chi connectivity index (χ1) is 15.4. The van der Waals surface area contributed by atoms with Crippen LogP contribution in [0.25, 0.3) is 16.8 Å². The van der Waals surface area contributed by atoms with E-state index >= 15 is 0 Å². The number of hydrogen-bond donors (Lipinski definition) is 1. The van der Waals surface area contributed by atoms with Gasteiger partial charge in [-0.05, 0) is 73.9 Å². The third kappa shape index (κ3) is 3.92. The van der Waals surface area contributed by atoms with Gasteiger partial charge in [-0.25, -0.2) is 4.68 Å². The highest BCUT2D eigenvalue weighted by Crippen LogP contribution is 2.29. The van der Waals surface area contributed by atoms with Crippen LogP contribution < -0.4 is 15.5 Å². The average Bonchev–Trinajstić information content (AvgIpc) is 3.34. The Morgan fingerprint density at radius 2 is 1.78 bits per heavy atom. The molecule has 2 aromatic heterocycles. The van der Waals surface area contributed by atoms with Crippen molar-refractivity contribution in [1.29, 1.82) is 0 Å². The second-order valence-electron chi connectivity index (χ2n) is 7.48.